The van der Waals surface area contributed by atoms with E-state index in [0.717, 1.165) is 16.8 Å². The summed E-state index contributed by atoms with van der Waals surface area (Å²) in [4.78, 5) is 11.6. The number of rotatable bonds is 7. The molecule has 1 saturated carbocycles. The van der Waals surface area contributed by atoms with Crippen LogP contribution in [-0.4, -0.2) is 30.9 Å². The Bertz CT molecular complexity index is 581. The zero-order valence-electron chi connectivity index (χ0n) is 16.1. The van der Waals surface area contributed by atoms with Crippen LogP contribution in [0.15, 0.2) is 22.7 Å². The lowest BCUT2D eigenvalue weighted by molar-refractivity contribution is 0.0520. The molecule has 0 aliphatic heterocycles. The summed E-state index contributed by atoms with van der Waals surface area (Å²) >= 11 is 3.55. The summed E-state index contributed by atoms with van der Waals surface area (Å²) in [6, 6.07) is 6.73. The normalized spacial score (nSPS) is 15.5. The van der Waals surface area contributed by atoms with E-state index < -0.39 is 11.7 Å². The highest BCUT2D eigenvalue weighted by Gasteiger charge is 2.15. The standard InChI is InChI=1S/C20H31BrN2O3/c1-20(2,3)26-19(24)22-9-10-25-18-12-15(11-16(21)13-18)14-23-17-7-5-4-6-8-17/h11-13,17,23H,4-10,14H2,1-3H3,(H,22,24). The molecular weight excluding hydrogens is 396 g/mol. The maximum atomic E-state index is 11.6. The average molecular weight is 427 g/mol. The zero-order chi connectivity index (χ0) is 19.0. The smallest absolute Gasteiger partial charge is 0.407 e. The van der Waals surface area contributed by atoms with Crippen LogP contribution in [0.25, 0.3) is 0 Å². The maximum absolute atomic E-state index is 11.6. The van der Waals surface area contributed by atoms with E-state index >= 15 is 0 Å². The van der Waals surface area contributed by atoms with Gasteiger partial charge in [0.2, 0.25) is 0 Å². The van der Waals surface area contributed by atoms with Gasteiger partial charge in [0.15, 0.2) is 0 Å². The molecule has 0 spiro atoms. The lowest BCUT2D eigenvalue weighted by Gasteiger charge is -2.23. The molecule has 0 heterocycles. The van der Waals surface area contributed by atoms with Gasteiger partial charge in [0.1, 0.15) is 18.0 Å². The summed E-state index contributed by atoms with van der Waals surface area (Å²) in [5, 5.41) is 6.34. The molecule has 5 nitrogen and oxygen atoms in total. The van der Waals surface area contributed by atoms with Crippen molar-refractivity contribution >= 4 is 22.0 Å². The number of carbonyl (C=O) groups excluding carboxylic acids is 1. The Kier molecular flexibility index (Phi) is 8.22. The number of hydrogen-bond donors (Lipinski definition) is 2. The minimum Gasteiger partial charge on any atom is -0.492 e. The summed E-state index contributed by atoms with van der Waals surface area (Å²) in [6.07, 6.45) is 6.14. The second-order valence-electron chi connectivity index (χ2n) is 7.79. The van der Waals surface area contributed by atoms with Crippen molar-refractivity contribution in [1.29, 1.82) is 0 Å². The number of nitrogens with one attached hydrogen (secondary N) is 2. The first kappa shape index (κ1) is 21.0. The number of carbonyl (C=O) groups is 1. The topological polar surface area (TPSA) is 59.6 Å². The Labute approximate surface area is 165 Å². The lowest BCUT2D eigenvalue weighted by Crippen LogP contribution is -2.34. The molecule has 0 atom stereocenters. The molecule has 1 aromatic rings. The average Bonchev–Trinajstić information content (AvgIpc) is 2.56. The van der Waals surface area contributed by atoms with Crippen LogP contribution in [0.4, 0.5) is 4.79 Å². The van der Waals surface area contributed by atoms with Crippen molar-refractivity contribution in [3.05, 3.63) is 28.2 Å². The van der Waals surface area contributed by atoms with Gasteiger partial charge < -0.3 is 20.1 Å². The summed E-state index contributed by atoms with van der Waals surface area (Å²) < 4.78 is 12.0. The molecule has 0 aromatic heterocycles. The lowest BCUT2D eigenvalue weighted by atomic mass is 9.95. The predicted octanol–water partition coefficient (Wildman–Crippen LogP) is 4.77. The minimum atomic E-state index is -0.491. The van der Waals surface area contributed by atoms with Gasteiger partial charge in [0.05, 0.1) is 6.54 Å². The van der Waals surface area contributed by atoms with Crippen molar-refractivity contribution in [2.24, 2.45) is 0 Å². The predicted molar refractivity (Wildman–Crippen MR) is 108 cm³/mol. The third-order valence-electron chi connectivity index (χ3n) is 4.17. The molecule has 146 valence electrons. The molecule has 2 N–H and O–H groups in total. The van der Waals surface area contributed by atoms with E-state index in [-0.39, 0.29) is 0 Å². The summed E-state index contributed by atoms with van der Waals surface area (Å²) in [7, 11) is 0. The van der Waals surface area contributed by atoms with Crippen LogP contribution in [0.5, 0.6) is 5.75 Å². The highest BCUT2D eigenvalue weighted by molar-refractivity contribution is 9.10. The van der Waals surface area contributed by atoms with Crippen LogP contribution < -0.4 is 15.4 Å². The van der Waals surface area contributed by atoms with Gasteiger partial charge in [-0.25, -0.2) is 4.79 Å². The van der Waals surface area contributed by atoms with Gasteiger partial charge in [0.25, 0.3) is 0 Å². The van der Waals surface area contributed by atoms with Gasteiger partial charge in [-0.2, -0.15) is 0 Å². The molecule has 26 heavy (non-hydrogen) atoms. The molecule has 1 fully saturated rings. The minimum absolute atomic E-state index is 0.394. The van der Waals surface area contributed by atoms with Gasteiger partial charge in [-0.1, -0.05) is 35.2 Å². The fraction of sp³-hybridized carbons (Fsp3) is 0.650. The summed E-state index contributed by atoms with van der Waals surface area (Å²) in [5.41, 5.74) is 0.704. The zero-order valence-corrected chi connectivity index (χ0v) is 17.7. The largest absolute Gasteiger partial charge is 0.492 e. The Morgan fingerprint density at radius 3 is 2.62 bits per heavy atom. The molecule has 1 aromatic carbocycles. The Balaban J connectivity index is 1.75. The fourth-order valence-electron chi connectivity index (χ4n) is 3.01. The van der Waals surface area contributed by atoms with Crippen LogP contribution >= 0.6 is 15.9 Å². The Morgan fingerprint density at radius 2 is 1.92 bits per heavy atom. The molecule has 0 bridgehead atoms. The van der Waals surface area contributed by atoms with Gasteiger partial charge in [-0.15, -0.1) is 0 Å². The first-order chi connectivity index (χ1) is 12.3. The van der Waals surface area contributed by atoms with Crippen LogP contribution in [0.3, 0.4) is 0 Å². The number of halogens is 1. The molecule has 1 amide bonds. The molecule has 6 heteroatoms. The van der Waals surface area contributed by atoms with Crippen LogP contribution in [0.2, 0.25) is 0 Å². The number of alkyl carbamates (subject to hydrolysis) is 1. The maximum Gasteiger partial charge on any atom is 0.407 e. The molecule has 0 unspecified atom stereocenters. The molecule has 1 aliphatic rings. The number of hydrogen-bond acceptors (Lipinski definition) is 4. The molecule has 2 rings (SSSR count). The van der Waals surface area contributed by atoms with Crippen molar-refractivity contribution < 1.29 is 14.3 Å². The summed E-state index contributed by atoms with van der Waals surface area (Å²) in [5.74, 6) is 0.797. The SMILES string of the molecule is CC(C)(C)OC(=O)NCCOc1cc(Br)cc(CNC2CCCCC2)c1. The van der Waals surface area contributed by atoms with Gasteiger partial charge in [-0.05, 0) is 57.4 Å². The number of ether oxygens (including phenoxy) is 2. The molecular formula is C20H31BrN2O3. The fourth-order valence-corrected chi connectivity index (χ4v) is 3.53. The van der Waals surface area contributed by atoms with Gasteiger partial charge in [-0.3, -0.25) is 0 Å². The van der Waals surface area contributed by atoms with E-state index in [0.29, 0.717) is 19.2 Å². The highest BCUT2D eigenvalue weighted by Crippen LogP contribution is 2.23. The quantitative estimate of drug-likeness (QED) is 0.616. The van der Waals surface area contributed by atoms with E-state index in [2.05, 4.69) is 32.6 Å². The van der Waals surface area contributed by atoms with Crippen molar-refractivity contribution in [3.63, 3.8) is 0 Å². The van der Waals surface area contributed by atoms with Crippen LogP contribution in [0.1, 0.15) is 58.4 Å². The van der Waals surface area contributed by atoms with Crippen molar-refractivity contribution in [2.75, 3.05) is 13.2 Å². The third kappa shape index (κ3) is 8.41. The second kappa shape index (κ2) is 10.2. The van der Waals surface area contributed by atoms with E-state index in [1.54, 1.807) is 0 Å². The van der Waals surface area contributed by atoms with E-state index in [1.165, 1.54) is 37.7 Å². The Morgan fingerprint density at radius 1 is 1.19 bits per heavy atom. The van der Waals surface area contributed by atoms with E-state index in [9.17, 15) is 4.79 Å². The third-order valence-corrected chi connectivity index (χ3v) is 4.63. The first-order valence-electron chi connectivity index (χ1n) is 9.44. The molecule has 0 radical (unpaired) electrons. The van der Waals surface area contributed by atoms with E-state index in [1.807, 2.05) is 32.9 Å². The molecule has 0 saturated heterocycles. The molecule has 1 aliphatic carbocycles. The summed E-state index contributed by atoms with van der Waals surface area (Å²) in [6.45, 7) is 7.16. The van der Waals surface area contributed by atoms with E-state index in [4.69, 9.17) is 9.47 Å². The van der Waals surface area contributed by atoms with Gasteiger partial charge in [0, 0.05) is 17.1 Å². The van der Waals surface area contributed by atoms with Crippen molar-refractivity contribution in [2.45, 2.75) is 71.1 Å². The van der Waals surface area contributed by atoms with Crippen molar-refractivity contribution in [3.8, 4) is 5.75 Å². The monoisotopic (exact) mass is 426 g/mol. The first-order valence-corrected chi connectivity index (χ1v) is 10.2. The highest BCUT2D eigenvalue weighted by atomic mass is 79.9. The second-order valence-corrected chi connectivity index (χ2v) is 8.70. The number of amides is 1. The number of benzene rings is 1. The van der Waals surface area contributed by atoms with Crippen LogP contribution in [0, 0.1) is 0 Å². The Hall–Kier alpha value is -1.27. The van der Waals surface area contributed by atoms with Gasteiger partial charge >= 0.3 is 6.09 Å². The van der Waals surface area contributed by atoms with Crippen LogP contribution in [-0.2, 0) is 11.3 Å². The van der Waals surface area contributed by atoms with Crippen molar-refractivity contribution in [1.82, 2.24) is 10.6 Å².